The number of carbonyl (C=O) groups excluding carboxylic acids is 1. The van der Waals surface area contributed by atoms with Crippen LogP contribution >= 0.6 is 7.82 Å². The fraction of sp³-hybridized carbons (Fsp3) is 0.133. The third-order valence-electron chi connectivity index (χ3n) is 3.86. The van der Waals surface area contributed by atoms with Crippen molar-refractivity contribution in [2.75, 3.05) is 0 Å². The van der Waals surface area contributed by atoms with E-state index in [0.29, 0.717) is 12.1 Å². The molecule has 0 saturated heterocycles. The van der Waals surface area contributed by atoms with E-state index in [9.17, 15) is 50.2 Å². The van der Waals surface area contributed by atoms with Crippen molar-refractivity contribution in [1.29, 1.82) is 0 Å². The van der Waals surface area contributed by atoms with Crippen LogP contribution in [0.1, 0.15) is 21.5 Å². The van der Waals surface area contributed by atoms with E-state index in [1.807, 2.05) is 0 Å². The predicted octanol–water partition coefficient (Wildman–Crippen LogP) is -11.9. The molecule has 2 rings (SSSR count). The first kappa shape index (κ1) is 41.9. The molecule has 0 aromatic heterocycles. The molecule has 36 heavy (non-hydrogen) atoms. The molecule has 0 heterocycles. The Hall–Kier alpha value is 1.44. The van der Waals surface area contributed by atoms with Gasteiger partial charge in [0.05, 0.1) is 35.5 Å². The van der Waals surface area contributed by atoms with E-state index in [1.54, 1.807) is 0 Å². The SMILES string of the molecule is Cc1cc(N=Nc2ccc(S(=O)(=O)[O-])cc2S(=O)(=O)[O-])c(COP(=O)([O-])[O-])c(C=O)c1O.[Na+].[Na+].[Na+].[Na+]. The minimum absolute atomic E-state index is 0. The monoisotopic (exact) mass is 598 g/mol. The van der Waals surface area contributed by atoms with E-state index in [0.717, 1.165) is 6.07 Å². The van der Waals surface area contributed by atoms with Gasteiger partial charge in [-0.3, -0.25) is 4.79 Å². The summed E-state index contributed by atoms with van der Waals surface area (Å²) in [4.78, 5) is 30.7. The molecule has 1 N–H and O–H groups in total. The summed E-state index contributed by atoms with van der Waals surface area (Å²) in [5.74, 6) is -0.586. The molecule has 0 spiro atoms. The molecule has 0 aliphatic heterocycles. The number of phosphoric acid groups is 1. The summed E-state index contributed by atoms with van der Waals surface area (Å²) in [6.07, 6.45) is 0.113. The van der Waals surface area contributed by atoms with Gasteiger partial charge in [-0.1, -0.05) is 0 Å². The van der Waals surface area contributed by atoms with Gasteiger partial charge >= 0.3 is 118 Å². The van der Waals surface area contributed by atoms with Crippen molar-refractivity contribution in [3.8, 4) is 5.75 Å². The molecule has 0 aliphatic rings. The van der Waals surface area contributed by atoms with Crippen molar-refractivity contribution in [2.45, 2.75) is 23.3 Å². The standard InChI is InChI=1S/C15H15N2O12PS2.4Na/c1-8-4-13(11(7-29-30(20,21)22)10(6-18)15(8)19)17-16-12-3-2-9(31(23,24)25)5-14(12)32(26,27)28;;;;/h2-6,19H,7H2,1H3,(H2,20,21,22)(H,23,24,25)(H,26,27,28);;;;/q;4*+1/p-4. The van der Waals surface area contributed by atoms with E-state index < -0.39 is 67.0 Å². The largest absolute Gasteiger partial charge is 1.00 e. The van der Waals surface area contributed by atoms with Crippen LogP contribution in [-0.2, 0) is 35.9 Å². The second-order valence-corrected chi connectivity index (χ2v) is 9.91. The predicted molar refractivity (Wildman–Crippen MR) is 97.2 cm³/mol. The number of benzene rings is 2. The fourth-order valence-corrected chi connectivity index (χ4v) is 3.90. The quantitative estimate of drug-likeness (QED) is 0.0978. The van der Waals surface area contributed by atoms with Crippen LogP contribution in [0.2, 0.25) is 0 Å². The zero-order valence-corrected chi connectivity index (χ0v) is 30.2. The number of nitrogens with zero attached hydrogens (tertiary/aromatic N) is 2. The number of azo groups is 1. The van der Waals surface area contributed by atoms with Gasteiger partial charge < -0.3 is 33.1 Å². The molecule has 0 fully saturated rings. The normalized spacial score (nSPS) is 11.5. The Morgan fingerprint density at radius 3 is 1.94 bits per heavy atom. The van der Waals surface area contributed by atoms with Crippen molar-refractivity contribution in [2.24, 2.45) is 10.2 Å². The Balaban J connectivity index is -0.00000272. The summed E-state index contributed by atoms with van der Waals surface area (Å²) in [6, 6.07) is 2.73. The molecule has 21 heteroatoms. The average molecular weight is 598 g/mol. The molecular formula is C15H11N2Na4O12PS2. The van der Waals surface area contributed by atoms with Crippen molar-refractivity contribution in [1.82, 2.24) is 0 Å². The minimum atomic E-state index is -5.51. The molecular weight excluding hydrogens is 587 g/mol. The van der Waals surface area contributed by atoms with E-state index in [4.69, 9.17) is 0 Å². The molecule has 0 amide bonds. The third kappa shape index (κ3) is 11.9. The first-order valence-corrected chi connectivity index (χ1v) is 12.3. The van der Waals surface area contributed by atoms with Crippen LogP contribution in [-0.4, -0.2) is 37.3 Å². The molecule has 0 atom stereocenters. The Bertz CT molecular complexity index is 1380. The zero-order chi connectivity index (χ0) is 24.5. The Morgan fingerprint density at radius 1 is 0.972 bits per heavy atom. The van der Waals surface area contributed by atoms with Crippen LogP contribution < -0.4 is 128 Å². The number of phenols is 1. The zero-order valence-electron chi connectivity index (χ0n) is 19.7. The van der Waals surface area contributed by atoms with Gasteiger partial charge in [0.2, 0.25) is 0 Å². The van der Waals surface area contributed by atoms with E-state index >= 15 is 0 Å². The van der Waals surface area contributed by atoms with Gasteiger partial charge in [-0.15, -0.1) is 5.11 Å². The Labute approximate surface area is 294 Å². The number of phenolic OH excluding ortho intramolecular Hbond substituents is 1. The van der Waals surface area contributed by atoms with Gasteiger partial charge in [0.15, 0.2) is 6.29 Å². The molecule has 0 aliphatic carbocycles. The number of phosphoric ester groups is 1. The van der Waals surface area contributed by atoms with E-state index in [2.05, 4.69) is 14.8 Å². The van der Waals surface area contributed by atoms with Gasteiger partial charge in [0, 0.05) is 5.56 Å². The molecule has 2 aromatic rings. The Morgan fingerprint density at radius 2 is 1.50 bits per heavy atom. The second kappa shape index (κ2) is 16.6. The maximum Gasteiger partial charge on any atom is 1.00 e. The first-order chi connectivity index (χ1) is 14.5. The van der Waals surface area contributed by atoms with Crippen molar-refractivity contribution >= 4 is 45.7 Å². The molecule has 2 aromatic carbocycles. The summed E-state index contributed by atoms with van der Waals surface area (Å²) >= 11 is 0. The maximum absolute atomic E-state index is 11.5. The summed E-state index contributed by atoms with van der Waals surface area (Å²) in [6.45, 7) is 0.278. The second-order valence-electron chi connectivity index (χ2n) is 6.03. The van der Waals surface area contributed by atoms with Crippen LogP contribution in [0.5, 0.6) is 5.75 Å². The number of rotatable bonds is 8. The molecule has 174 valence electrons. The summed E-state index contributed by atoms with van der Waals surface area (Å²) < 4.78 is 82.6. The topological polar surface area (TPSA) is 249 Å². The van der Waals surface area contributed by atoms with Gasteiger partial charge in [-0.2, -0.15) is 5.11 Å². The number of hydrogen-bond donors (Lipinski definition) is 1. The number of carbonyl (C=O) groups is 1. The van der Waals surface area contributed by atoms with E-state index in [1.165, 1.54) is 6.92 Å². The third-order valence-corrected chi connectivity index (χ3v) is 6.00. The van der Waals surface area contributed by atoms with Crippen molar-refractivity contribution in [3.63, 3.8) is 0 Å². The van der Waals surface area contributed by atoms with Gasteiger partial charge in [0.1, 0.15) is 31.7 Å². The van der Waals surface area contributed by atoms with Crippen LogP contribution in [0.15, 0.2) is 44.3 Å². The summed E-state index contributed by atoms with van der Waals surface area (Å²) in [5.41, 5.74) is -1.93. The molecule has 0 bridgehead atoms. The van der Waals surface area contributed by atoms with Crippen LogP contribution in [0.3, 0.4) is 0 Å². The smallest absolute Gasteiger partial charge is 0.790 e. The van der Waals surface area contributed by atoms with E-state index in [-0.39, 0.29) is 142 Å². The first-order valence-electron chi connectivity index (χ1n) is 7.99. The molecule has 0 radical (unpaired) electrons. The van der Waals surface area contributed by atoms with Gasteiger partial charge in [0.25, 0.3) is 0 Å². The number of aromatic hydroxyl groups is 1. The van der Waals surface area contributed by atoms with Gasteiger partial charge in [-0.05, 0) is 36.8 Å². The number of aldehydes is 1. The summed E-state index contributed by atoms with van der Waals surface area (Å²) in [7, 11) is -16.0. The number of aryl methyl sites for hydroxylation is 1. The van der Waals surface area contributed by atoms with Gasteiger partial charge in [-0.25, -0.2) is 16.8 Å². The van der Waals surface area contributed by atoms with Crippen molar-refractivity contribution in [3.05, 3.63) is 41.0 Å². The van der Waals surface area contributed by atoms with Crippen molar-refractivity contribution < 1.29 is 173 Å². The fourth-order valence-electron chi connectivity index (χ4n) is 2.41. The van der Waals surface area contributed by atoms with Crippen LogP contribution in [0.25, 0.3) is 0 Å². The molecule has 0 saturated carbocycles. The minimum Gasteiger partial charge on any atom is -0.790 e. The van der Waals surface area contributed by atoms with Crippen LogP contribution in [0.4, 0.5) is 11.4 Å². The molecule has 0 unspecified atom stereocenters. The Kier molecular flexibility index (Phi) is 19.4. The average Bonchev–Trinajstić information content (AvgIpc) is 2.65. The molecule has 14 nitrogen and oxygen atoms in total. The van der Waals surface area contributed by atoms with Crippen LogP contribution in [0, 0.1) is 6.92 Å². The summed E-state index contributed by atoms with van der Waals surface area (Å²) in [5, 5.41) is 17.1. The number of hydrogen-bond acceptors (Lipinski definition) is 14. The maximum atomic E-state index is 11.5.